The number of rotatable bonds is 4. The summed E-state index contributed by atoms with van der Waals surface area (Å²) in [5, 5.41) is 10.9. The van der Waals surface area contributed by atoms with Crippen LogP contribution in [0.25, 0.3) is 10.6 Å². The topological polar surface area (TPSA) is 81.6 Å². The maximum atomic E-state index is 12.3. The Morgan fingerprint density at radius 2 is 1.59 bits per heavy atom. The molecule has 0 bridgehead atoms. The molecular formula is C26H35N3O4S. The van der Waals surface area contributed by atoms with E-state index in [0.717, 1.165) is 67.2 Å². The third-order valence-electron chi connectivity index (χ3n) is 6.83. The van der Waals surface area contributed by atoms with Gasteiger partial charge in [-0.05, 0) is 70.8 Å². The van der Waals surface area contributed by atoms with Gasteiger partial charge in [0, 0.05) is 24.6 Å². The van der Waals surface area contributed by atoms with E-state index in [1.54, 1.807) is 11.3 Å². The summed E-state index contributed by atoms with van der Waals surface area (Å²) < 4.78 is 10.4. The van der Waals surface area contributed by atoms with Gasteiger partial charge in [-0.15, -0.1) is 10.2 Å². The van der Waals surface area contributed by atoms with E-state index in [0.29, 0.717) is 11.8 Å². The highest BCUT2D eigenvalue weighted by Gasteiger charge is 2.30. The summed E-state index contributed by atoms with van der Waals surface area (Å²) in [7, 11) is 1.46. The van der Waals surface area contributed by atoms with Crippen molar-refractivity contribution in [3.8, 4) is 10.6 Å². The van der Waals surface area contributed by atoms with Crippen molar-refractivity contribution >= 4 is 23.4 Å². The lowest BCUT2D eigenvalue weighted by Crippen LogP contribution is -2.41. The van der Waals surface area contributed by atoms with Gasteiger partial charge < -0.3 is 14.4 Å². The van der Waals surface area contributed by atoms with E-state index in [1.807, 2.05) is 25.7 Å². The van der Waals surface area contributed by atoms with Gasteiger partial charge in [0.25, 0.3) is 0 Å². The Balaban J connectivity index is 1.31. The second kappa shape index (κ2) is 10.4. The molecule has 0 radical (unpaired) electrons. The minimum absolute atomic E-state index is 0.0252. The first kappa shape index (κ1) is 24.6. The second-order valence-corrected chi connectivity index (χ2v) is 11.4. The van der Waals surface area contributed by atoms with Crippen molar-refractivity contribution < 1.29 is 19.1 Å². The van der Waals surface area contributed by atoms with Crippen molar-refractivity contribution in [2.45, 2.75) is 76.7 Å². The standard InChI is InChI=1S/C26H35N3O4S/c1-26(2,3)33-25(31)29-15-13-18(14-16-29)17-5-7-19(8-6-17)22-27-28-23(34-22)20-9-11-21(12-10-20)24(30)32-4/h5-8,18,20-21H,9-16H2,1-4H3/t20-,21+. The molecule has 4 rings (SSSR count). The normalized spacial score (nSPS) is 21.8. The van der Waals surface area contributed by atoms with Crippen LogP contribution in [0.2, 0.25) is 0 Å². The van der Waals surface area contributed by atoms with Crippen LogP contribution >= 0.6 is 11.3 Å². The fraction of sp³-hybridized carbons (Fsp3) is 0.615. The fourth-order valence-corrected chi connectivity index (χ4v) is 5.90. The fourth-order valence-electron chi connectivity index (χ4n) is 4.88. The van der Waals surface area contributed by atoms with Crippen LogP contribution in [-0.2, 0) is 14.3 Å². The van der Waals surface area contributed by atoms with E-state index < -0.39 is 5.60 Å². The maximum absolute atomic E-state index is 12.3. The molecular weight excluding hydrogens is 450 g/mol. The van der Waals surface area contributed by atoms with Crippen LogP contribution in [-0.4, -0.2) is 53.0 Å². The number of hydrogen-bond donors (Lipinski definition) is 0. The summed E-state index contributed by atoms with van der Waals surface area (Å²) in [4.78, 5) is 25.9. The highest BCUT2D eigenvalue weighted by atomic mass is 32.1. The zero-order chi connectivity index (χ0) is 24.3. The van der Waals surface area contributed by atoms with Gasteiger partial charge in [0.15, 0.2) is 0 Å². The first-order valence-electron chi connectivity index (χ1n) is 12.2. The van der Waals surface area contributed by atoms with Crippen LogP contribution in [0.15, 0.2) is 24.3 Å². The molecule has 184 valence electrons. The lowest BCUT2D eigenvalue weighted by atomic mass is 9.82. The second-order valence-electron chi connectivity index (χ2n) is 10.4. The average Bonchev–Trinajstić information content (AvgIpc) is 3.33. The van der Waals surface area contributed by atoms with E-state index in [9.17, 15) is 9.59 Å². The van der Waals surface area contributed by atoms with E-state index in [1.165, 1.54) is 12.7 Å². The SMILES string of the molecule is COC(=O)[C@H]1CC[C@@H](c2nnc(-c3ccc(C4CCN(C(=O)OC(C)(C)C)CC4)cc3)s2)CC1. The van der Waals surface area contributed by atoms with Gasteiger partial charge in [0.2, 0.25) is 0 Å². The molecule has 2 aromatic rings. The molecule has 1 aliphatic carbocycles. The Kier molecular flexibility index (Phi) is 7.55. The molecule has 8 heteroatoms. The molecule has 0 unspecified atom stereocenters. The number of esters is 1. The molecule has 1 saturated carbocycles. The Morgan fingerprint density at radius 3 is 2.18 bits per heavy atom. The summed E-state index contributed by atoms with van der Waals surface area (Å²) in [5.41, 5.74) is 1.93. The van der Waals surface area contributed by atoms with E-state index in [-0.39, 0.29) is 18.0 Å². The van der Waals surface area contributed by atoms with Crippen LogP contribution in [0.3, 0.4) is 0 Å². The first-order valence-corrected chi connectivity index (χ1v) is 13.0. The predicted octanol–water partition coefficient (Wildman–Crippen LogP) is 5.77. The van der Waals surface area contributed by atoms with E-state index in [2.05, 4.69) is 34.5 Å². The van der Waals surface area contributed by atoms with Gasteiger partial charge in [-0.1, -0.05) is 35.6 Å². The Hall–Kier alpha value is -2.48. The van der Waals surface area contributed by atoms with Crippen LogP contribution in [0.5, 0.6) is 0 Å². The molecule has 2 fully saturated rings. The van der Waals surface area contributed by atoms with Crippen molar-refractivity contribution in [3.05, 3.63) is 34.8 Å². The lowest BCUT2D eigenvalue weighted by Gasteiger charge is -2.33. The molecule has 0 atom stereocenters. The third kappa shape index (κ3) is 5.95. The van der Waals surface area contributed by atoms with Crippen LogP contribution in [0, 0.1) is 5.92 Å². The summed E-state index contributed by atoms with van der Waals surface area (Å²) in [6, 6.07) is 8.64. The van der Waals surface area contributed by atoms with Crippen molar-refractivity contribution in [3.63, 3.8) is 0 Å². The lowest BCUT2D eigenvalue weighted by molar-refractivity contribution is -0.146. The summed E-state index contributed by atoms with van der Waals surface area (Å²) in [6.07, 6.45) is 5.28. The van der Waals surface area contributed by atoms with Gasteiger partial charge in [0.1, 0.15) is 15.6 Å². The highest BCUT2D eigenvalue weighted by molar-refractivity contribution is 7.14. The average molecular weight is 486 g/mol. The molecule has 0 N–H and O–H groups in total. The number of carbonyl (C=O) groups is 2. The van der Waals surface area contributed by atoms with E-state index >= 15 is 0 Å². The number of benzene rings is 1. The zero-order valence-corrected chi connectivity index (χ0v) is 21.4. The summed E-state index contributed by atoms with van der Waals surface area (Å²) >= 11 is 1.66. The molecule has 7 nitrogen and oxygen atoms in total. The van der Waals surface area contributed by atoms with Gasteiger partial charge in [-0.25, -0.2) is 4.79 Å². The molecule has 1 aromatic carbocycles. The highest BCUT2D eigenvalue weighted by Crippen LogP contribution is 2.39. The van der Waals surface area contributed by atoms with Crippen molar-refractivity contribution in [1.29, 1.82) is 0 Å². The number of nitrogens with zero attached hydrogens (tertiary/aromatic N) is 3. The molecule has 34 heavy (non-hydrogen) atoms. The zero-order valence-electron chi connectivity index (χ0n) is 20.6. The molecule has 0 spiro atoms. The Morgan fingerprint density at radius 1 is 0.941 bits per heavy atom. The number of aromatic nitrogens is 2. The number of hydrogen-bond acceptors (Lipinski definition) is 7. The number of ether oxygens (including phenoxy) is 2. The molecule has 1 aromatic heterocycles. The smallest absolute Gasteiger partial charge is 0.410 e. The first-order chi connectivity index (χ1) is 16.2. The van der Waals surface area contributed by atoms with Crippen LogP contribution in [0.1, 0.15) is 81.7 Å². The third-order valence-corrected chi connectivity index (χ3v) is 7.96. The molecule has 1 aliphatic heterocycles. The maximum Gasteiger partial charge on any atom is 0.410 e. The summed E-state index contributed by atoms with van der Waals surface area (Å²) in [6.45, 7) is 7.14. The minimum atomic E-state index is -0.462. The number of methoxy groups -OCH3 is 1. The number of piperidine rings is 1. The molecule has 2 heterocycles. The molecule has 2 aliphatic rings. The van der Waals surface area contributed by atoms with Crippen molar-refractivity contribution in [1.82, 2.24) is 15.1 Å². The minimum Gasteiger partial charge on any atom is -0.469 e. The Bertz CT molecular complexity index is 982. The number of carbonyl (C=O) groups excluding carboxylic acids is 2. The van der Waals surface area contributed by atoms with Crippen molar-refractivity contribution in [2.75, 3.05) is 20.2 Å². The van der Waals surface area contributed by atoms with Gasteiger partial charge >= 0.3 is 12.1 Å². The van der Waals surface area contributed by atoms with E-state index in [4.69, 9.17) is 9.47 Å². The number of amides is 1. The van der Waals surface area contributed by atoms with Crippen molar-refractivity contribution in [2.24, 2.45) is 5.92 Å². The van der Waals surface area contributed by atoms with Crippen LogP contribution in [0.4, 0.5) is 4.79 Å². The largest absolute Gasteiger partial charge is 0.469 e. The van der Waals surface area contributed by atoms with Crippen LogP contribution < -0.4 is 0 Å². The van der Waals surface area contributed by atoms with Gasteiger partial charge in [0.05, 0.1) is 13.0 Å². The van der Waals surface area contributed by atoms with Gasteiger partial charge in [-0.2, -0.15) is 0 Å². The summed E-state index contributed by atoms with van der Waals surface area (Å²) in [5.74, 6) is 0.758. The monoisotopic (exact) mass is 485 g/mol. The van der Waals surface area contributed by atoms with Gasteiger partial charge in [-0.3, -0.25) is 4.79 Å². The Labute approximate surface area is 205 Å². The predicted molar refractivity (Wildman–Crippen MR) is 132 cm³/mol. The number of likely N-dealkylation sites (tertiary alicyclic amines) is 1. The molecule has 1 amide bonds. The molecule has 1 saturated heterocycles. The quantitative estimate of drug-likeness (QED) is 0.512.